The zero-order valence-electron chi connectivity index (χ0n) is 55.0. The summed E-state index contributed by atoms with van der Waals surface area (Å²) < 4.78 is 14.8. The van der Waals surface area contributed by atoms with Gasteiger partial charge in [0.15, 0.2) is 0 Å². The standard InChI is InChI=1S/C98H60O2/c1-95(2)84-41-21-33-76(73-32-19-31-72-68-27-9-15-38-81(68)98(92(72)73)82-39-16-10-29-70(82)75-51-44-57-22-3-4-23-62(57)91(75)98)94(84)100-89-53-48-59(55-87(89)95)58-45-49-63-60(54-58)47-52-74-69-28-8-14-37-80(69)97(90(63)74)79-36-13-7-26-67(79)71-50-46-61(56-86(71)97)64-30-20-42-85-93(64)99-88-43-18-17-40-83(88)96(85)77-34-11-5-24-65(77)66-25-6-12-35-78(66)96/h3-56H,1-2H3. The second kappa shape index (κ2) is 19.3. The highest BCUT2D eigenvalue weighted by Crippen LogP contribution is 2.69. The second-order valence-corrected chi connectivity index (χ2v) is 29.0. The zero-order valence-corrected chi connectivity index (χ0v) is 55.0. The molecule has 23 rings (SSSR count). The second-order valence-electron chi connectivity index (χ2n) is 29.0. The van der Waals surface area contributed by atoms with Crippen LogP contribution in [-0.2, 0) is 21.7 Å². The van der Waals surface area contributed by atoms with Crippen LogP contribution < -0.4 is 9.47 Å². The minimum atomic E-state index is -0.619. The van der Waals surface area contributed by atoms with Gasteiger partial charge in [0.2, 0.25) is 0 Å². The van der Waals surface area contributed by atoms with Gasteiger partial charge in [0.05, 0.1) is 16.2 Å². The van der Waals surface area contributed by atoms with E-state index in [9.17, 15) is 0 Å². The normalized spacial score (nSPS) is 17.3. The van der Waals surface area contributed by atoms with E-state index >= 15 is 0 Å². The minimum Gasteiger partial charge on any atom is -0.456 e. The van der Waals surface area contributed by atoms with Crippen molar-refractivity contribution in [2.45, 2.75) is 35.5 Å². The van der Waals surface area contributed by atoms with E-state index < -0.39 is 21.7 Å². The molecule has 0 amide bonds. The highest BCUT2D eigenvalue weighted by atomic mass is 16.5. The summed E-state index contributed by atoms with van der Waals surface area (Å²) in [6.07, 6.45) is 0. The summed E-state index contributed by atoms with van der Waals surface area (Å²) in [6.45, 7) is 4.77. The number of benzene rings is 16. The molecular formula is C98H60O2. The van der Waals surface area contributed by atoms with Crippen molar-refractivity contribution in [3.63, 3.8) is 0 Å². The van der Waals surface area contributed by atoms with Crippen LogP contribution in [0.4, 0.5) is 0 Å². The summed E-state index contributed by atoms with van der Waals surface area (Å²) in [4.78, 5) is 0. The van der Waals surface area contributed by atoms with Crippen LogP contribution in [0.25, 0.3) is 111 Å². The third-order valence-electron chi connectivity index (χ3n) is 24.4. The molecule has 0 radical (unpaired) electrons. The van der Waals surface area contributed by atoms with Crippen LogP contribution in [-0.4, -0.2) is 0 Å². The predicted molar refractivity (Wildman–Crippen MR) is 406 cm³/mol. The molecule has 2 aliphatic heterocycles. The Labute approximate surface area is 580 Å². The Morgan fingerprint density at radius 1 is 0.200 bits per heavy atom. The summed E-state index contributed by atoms with van der Waals surface area (Å²) in [7, 11) is 0. The Balaban J connectivity index is 0.659. The maximum Gasteiger partial charge on any atom is 0.140 e. The number of rotatable bonds is 3. The Morgan fingerprint density at radius 2 is 0.580 bits per heavy atom. The molecule has 3 spiro atoms. The van der Waals surface area contributed by atoms with Crippen molar-refractivity contribution in [1.82, 2.24) is 0 Å². The fourth-order valence-electron chi connectivity index (χ4n) is 20.5. The fraction of sp³-hybridized carbons (Fsp3) is 0.0612. The third-order valence-corrected chi connectivity index (χ3v) is 24.4. The lowest BCUT2D eigenvalue weighted by molar-refractivity contribution is 0.419. The van der Waals surface area contributed by atoms with Crippen LogP contribution >= 0.6 is 0 Å². The minimum absolute atomic E-state index is 0.418. The van der Waals surface area contributed by atoms with Gasteiger partial charge < -0.3 is 9.47 Å². The lowest BCUT2D eigenvalue weighted by Gasteiger charge is -2.40. The summed E-state index contributed by atoms with van der Waals surface area (Å²) in [5, 5.41) is 4.99. The Hall–Kier alpha value is -12.4. The van der Waals surface area contributed by atoms with E-state index in [4.69, 9.17) is 9.47 Å². The van der Waals surface area contributed by atoms with Gasteiger partial charge in [-0.1, -0.05) is 311 Å². The van der Waals surface area contributed by atoms with Gasteiger partial charge in [-0.15, -0.1) is 0 Å². The monoisotopic (exact) mass is 1270 g/mol. The van der Waals surface area contributed by atoms with Crippen LogP contribution in [0.2, 0.25) is 0 Å². The summed E-state index contributed by atoms with van der Waals surface area (Å²) in [5.41, 5.74) is 35.3. The molecule has 16 aromatic rings. The smallest absolute Gasteiger partial charge is 0.140 e. The molecule has 2 nitrogen and oxygen atoms in total. The Bertz CT molecular complexity index is 6340. The van der Waals surface area contributed by atoms with E-state index in [0.29, 0.717) is 0 Å². The highest BCUT2D eigenvalue weighted by Gasteiger charge is 2.57. The molecule has 2 heterocycles. The van der Waals surface area contributed by atoms with E-state index in [2.05, 4.69) is 341 Å². The topological polar surface area (TPSA) is 18.5 Å². The molecule has 2 unspecified atom stereocenters. The molecule has 7 aliphatic rings. The number of fused-ring (bicyclic) bond motifs is 35. The predicted octanol–water partition coefficient (Wildman–Crippen LogP) is 24.6. The summed E-state index contributed by atoms with van der Waals surface area (Å²) in [6, 6.07) is 124. The average Bonchev–Trinajstić information content (AvgIpc) is 1.50. The first-order valence-corrected chi connectivity index (χ1v) is 35.2. The van der Waals surface area contributed by atoms with Crippen molar-refractivity contribution in [3.05, 3.63) is 405 Å². The zero-order chi connectivity index (χ0) is 65.5. The van der Waals surface area contributed by atoms with Crippen LogP contribution in [0.3, 0.4) is 0 Å². The van der Waals surface area contributed by atoms with Gasteiger partial charge in [-0.2, -0.15) is 0 Å². The number of para-hydroxylation sites is 3. The quantitative estimate of drug-likeness (QED) is 0.176. The van der Waals surface area contributed by atoms with E-state index in [1.54, 1.807) is 0 Å². The van der Waals surface area contributed by atoms with E-state index in [0.717, 1.165) is 50.8 Å². The van der Waals surface area contributed by atoms with Crippen LogP contribution in [0.5, 0.6) is 23.0 Å². The average molecular weight is 1270 g/mol. The molecule has 16 aromatic carbocycles. The summed E-state index contributed by atoms with van der Waals surface area (Å²) in [5.74, 6) is 3.60. The van der Waals surface area contributed by atoms with Crippen LogP contribution in [0, 0.1) is 0 Å². The molecule has 0 bridgehead atoms. The van der Waals surface area contributed by atoms with Gasteiger partial charge in [0.25, 0.3) is 0 Å². The van der Waals surface area contributed by atoms with Gasteiger partial charge in [-0.25, -0.2) is 0 Å². The number of hydrogen-bond acceptors (Lipinski definition) is 2. The van der Waals surface area contributed by atoms with Gasteiger partial charge in [-0.3, -0.25) is 0 Å². The fourth-order valence-corrected chi connectivity index (χ4v) is 20.5. The molecule has 5 aliphatic carbocycles. The van der Waals surface area contributed by atoms with Crippen molar-refractivity contribution in [3.8, 4) is 112 Å². The van der Waals surface area contributed by atoms with E-state index in [1.807, 2.05) is 0 Å². The maximum atomic E-state index is 7.47. The van der Waals surface area contributed by atoms with Crippen molar-refractivity contribution in [2.24, 2.45) is 0 Å². The first-order chi connectivity index (χ1) is 49.4. The number of hydrogen-bond donors (Lipinski definition) is 0. The number of ether oxygens (including phenoxy) is 2. The molecular weight excluding hydrogens is 1210 g/mol. The van der Waals surface area contributed by atoms with Gasteiger partial charge in [-0.05, 0) is 185 Å². The summed E-state index contributed by atoms with van der Waals surface area (Å²) >= 11 is 0. The SMILES string of the molecule is CC1(C)c2cc(-c3ccc4c5c(ccc4c3)-c3ccccc3C53c4ccccc4-c4ccc(-c5cccc6c5Oc5ccccc5C65c6ccccc6-c6ccccc65)cc43)ccc2Oc2c(-c3cccc4c3C3(c5ccccc5-4)c4ccccc4-c4ccc5ccccc5c43)cccc21. The molecule has 2 heteroatoms. The van der Waals surface area contributed by atoms with Crippen molar-refractivity contribution < 1.29 is 9.47 Å². The Morgan fingerprint density at radius 3 is 1.23 bits per heavy atom. The van der Waals surface area contributed by atoms with Gasteiger partial charge in [0, 0.05) is 38.8 Å². The van der Waals surface area contributed by atoms with Crippen molar-refractivity contribution >= 4 is 21.5 Å². The Kier molecular flexibility index (Phi) is 10.5. The molecule has 0 saturated heterocycles. The largest absolute Gasteiger partial charge is 0.456 e. The first kappa shape index (κ1) is 54.7. The van der Waals surface area contributed by atoms with E-state index in [1.165, 1.54) is 161 Å². The lowest BCUT2D eigenvalue weighted by Crippen LogP contribution is -2.32. The molecule has 0 saturated carbocycles. The third kappa shape index (κ3) is 6.52. The lowest BCUT2D eigenvalue weighted by atomic mass is 9.65. The molecule has 464 valence electrons. The first-order valence-electron chi connectivity index (χ1n) is 35.2. The van der Waals surface area contributed by atoms with Crippen LogP contribution in [0.15, 0.2) is 328 Å². The molecule has 0 fully saturated rings. The maximum absolute atomic E-state index is 7.47. The highest BCUT2D eigenvalue weighted by molar-refractivity contribution is 6.08. The van der Waals surface area contributed by atoms with Crippen LogP contribution in [0.1, 0.15) is 91.7 Å². The molecule has 2 atom stereocenters. The van der Waals surface area contributed by atoms with Crippen molar-refractivity contribution in [1.29, 1.82) is 0 Å². The van der Waals surface area contributed by atoms with Gasteiger partial charge >= 0.3 is 0 Å². The molecule has 0 aromatic heterocycles. The molecule has 0 N–H and O–H groups in total. The van der Waals surface area contributed by atoms with Gasteiger partial charge in [0.1, 0.15) is 23.0 Å². The van der Waals surface area contributed by atoms with E-state index in [-0.39, 0.29) is 0 Å². The molecule has 100 heavy (non-hydrogen) atoms. The van der Waals surface area contributed by atoms with Crippen molar-refractivity contribution in [2.75, 3.05) is 0 Å².